The lowest BCUT2D eigenvalue weighted by Crippen LogP contribution is -2.30. The first-order valence-corrected chi connectivity index (χ1v) is 8.66. The zero-order chi connectivity index (χ0) is 16.9. The SMILES string of the molecule is COc1ccc(CCC(=O)N2CCCC2c2ccc(C)cc2)cc1. The Morgan fingerprint density at radius 1 is 1.12 bits per heavy atom. The molecule has 1 aliphatic heterocycles. The van der Waals surface area contributed by atoms with Crippen LogP contribution < -0.4 is 4.74 Å². The monoisotopic (exact) mass is 323 g/mol. The standard InChI is InChI=1S/C21H25NO2/c1-16-5-10-18(11-6-16)20-4-3-15-22(20)21(23)14-9-17-7-12-19(24-2)13-8-17/h5-8,10-13,20H,3-4,9,14-15H2,1-2H3. The first-order chi connectivity index (χ1) is 11.7. The summed E-state index contributed by atoms with van der Waals surface area (Å²) >= 11 is 0. The Hall–Kier alpha value is -2.29. The molecule has 1 atom stereocenters. The summed E-state index contributed by atoms with van der Waals surface area (Å²) in [4.78, 5) is 14.8. The van der Waals surface area contributed by atoms with E-state index in [0.717, 1.165) is 31.6 Å². The topological polar surface area (TPSA) is 29.5 Å². The minimum absolute atomic E-state index is 0.244. The van der Waals surface area contributed by atoms with Gasteiger partial charge in [-0.1, -0.05) is 42.0 Å². The molecule has 0 bridgehead atoms. The molecule has 1 unspecified atom stereocenters. The maximum absolute atomic E-state index is 12.7. The van der Waals surface area contributed by atoms with Gasteiger partial charge in [-0.2, -0.15) is 0 Å². The highest BCUT2D eigenvalue weighted by molar-refractivity contribution is 5.77. The van der Waals surface area contributed by atoms with Crippen molar-refractivity contribution >= 4 is 5.91 Å². The van der Waals surface area contributed by atoms with E-state index in [9.17, 15) is 4.79 Å². The van der Waals surface area contributed by atoms with Gasteiger partial charge in [0.1, 0.15) is 5.75 Å². The number of carbonyl (C=O) groups is 1. The largest absolute Gasteiger partial charge is 0.497 e. The summed E-state index contributed by atoms with van der Waals surface area (Å²) in [7, 11) is 1.66. The molecule has 3 nitrogen and oxygen atoms in total. The van der Waals surface area contributed by atoms with E-state index in [0.29, 0.717) is 6.42 Å². The van der Waals surface area contributed by atoms with Gasteiger partial charge in [-0.25, -0.2) is 0 Å². The van der Waals surface area contributed by atoms with E-state index >= 15 is 0 Å². The number of nitrogens with zero attached hydrogens (tertiary/aromatic N) is 1. The first kappa shape index (κ1) is 16.6. The number of aryl methyl sites for hydroxylation is 2. The van der Waals surface area contributed by atoms with Gasteiger partial charge in [-0.15, -0.1) is 0 Å². The smallest absolute Gasteiger partial charge is 0.223 e. The summed E-state index contributed by atoms with van der Waals surface area (Å²) < 4.78 is 5.17. The second-order valence-electron chi connectivity index (χ2n) is 6.50. The average molecular weight is 323 g/mol. The van der Waals surface area contributed by atoms with Crippen LogP contribution in [0, 0.1) is 6.92 Å². The fraction of sp³-hybridized carbons (Fsp3) is 0.381. The van der Waals surface area contributed by atoms with Gasteiger partial charge in [0.05, 0.1) is 13.2 Å². The van der Waals surface area contributed by atoms with Crippen LogP contribution in [0.1, 0.15) is 42.0 Å². The van der Waals surface area contributed by atoms with Gasteiger partial charge < -0.3 is 9.64 Å². The Labute approximate surface area is 144 Å². The summed E-state index contributed by atoms with van der Waals surface area (Å²) in [6.07, 6.45) is 3.50. The van der Waals surface area contributed by atoms with E-state index in [1.165, 1.54) is 16.7 Å². The lowest BCUT2D eigenvalue weighted by atomic mass is 10.0. The second-order valence-corrected chi connectivity index (χ2v) is 6.50. The molecule has 2 aromatic rings. The molecule has 0 spiro atoms. The van der Waals surface area contributed by atoms with E-state index in [-0.39, 0.29) is 11.9 Å². The predicted molar refractivity (Wildman–Crippen MR) is 96.2 cm³/mol. The summed E-state index contributed by atoms with van der Waals surface area (Å²) in [5, 5.41) is 0. The number of rotatable bonds is 5. The molecule has 1 heterocycles. The van der Waals surface area contributed by atoms with Crippen LogP contribution in [-0.4, -0.2) is 24.5 Å². The van der Waals surface area contributed by atoms with E-state index in [1.807, 2.05) is 24.3 Å². The summed E-state index contributed by atoms with van der Waals surface area (Å²) in [6.45, 7) is 2.97. The van der Waals surface area contributed by atoms with Crippen molar-refractivity contribution in [3.63, 3.8) is 0 Å². The molecule has 0 N–H and O–H groups in total. The Morgan fingerprint density at radius 2 is 1.83 bits per heavy atom. The number of amides is 1. The molecule has 1 fully saturated rings. The Morgan fingerprint density at radius 3 is 2.50 bits per heavy atom. The van der Waals surface area contributed by atoms with Crippen molar-refractivity contribution < 1.29 is 9.53 Å². The Bertz CT molecular complexity index is 676. The van der Waals surface area contributed by atoms with Crippen LogP contribution in [0.5, 0.6) is 5.75 Å². The van der Waals surface area contributed by atoms with Gasteiger partial charge in [-0.3, -0.25) is 4.79 Å². The molecule has 1 amide bonds. The predicted octanol–water partition coefficient (Wildman–Crippen LogP) is 4.30. The molecule has 2 aromatic carbocycles. The average Bonchev–Trinajstić information content (AvgIpc) is 3.10. The van der Waals surface area contributed by atoms with Crippen LogP contribution >= 0.6 is 0 Å². The quantitative estimate of drug-likeness (QED) is 0.821. The van der Waals surface area contributed by atoms with Crippen LogP contribution in [0.2, 0.25) is 0 Å². The van der Waals surface area contributed by atoms with Crippen LogP contribution in [0.15, 0.2) is 48.5 Å². The molecule has 0 radical (unpaired) electrons. The number of carbonyl (C=O) groups excluding carboxylic acids is 1. The number of methoxy groups -OCH3 is 1. The molecule has 3 rings (SSSR count). The molecule has 0 aliphatic carbocycles. The fourth-order valence-corrected chi connectivity index (χ4v) is 3.39. The molecular formula is C21H25NO2. The third-order valence-electron chi connectivity index (χ3n) is 4.82. The molecule has 0 saturated carbocycles. The van der Waals surface area contributed by atoms with E-state index in [2.05, 4.69) is 36.1 Å². The highest BCUT2D eigenvalue weighted by Gasteiger charge is 2.29. The van der Waals surface area contributed by atoms with Crippen LogP contribution in [0.3, 0.4) is 0 Å². The minimum Gasteiger partial charge on any atom is -0.497 e. The van der Waals surface area contributed by atoms with Gasteiger partial charge in [0, 0.05) is 13.0 Å². The van der Waals surface area contributed by atoms with Crippen molar-refractivity contribution in [3.05, 3.63) is 65.2 Å². The second kappa shape index (κ2) is 7.52. The first-order valence-electron chi connectivity index (χ1n) is 8.66. The lowest BCUT2D eigenvalue weighted by molar-refractivity contribution is -0.132. The normalized spacial score (nSPS) is 17.1. The van der Waals surface area contributed by atoms with Gasteiger partial charge in [-0.05, 0) is 49.4 Å². The van der Waals surface area contributed by atoms with Crippen LogP contribution in [0.25, 0.3) is 0 Å². The zero-order valence-corrected chi connectivity index (χ0v) is 14.5. The van der Waals surface area contributed by atoms with Gasteiger partial charge in [0.25, 0.3) is 0 Å². The molecule has 1 aliphatic rings. The van der Waals surface area contributed by atoms with Crippen molar-refractivity contribution in [1.29, 1.82) is 0 Å². The molecule has 1 saturated heterocycles. The molecule has 126 valence electrons. The van der Waals surface area contributed by atoms with Gasteiger partial charge >= 0.3 is 0 Å². The van der Waals surface area contributed by atoms with Crippen molar-refractivity contribution in [1.82, 2.24) is 4.90 Å². The van der Waals surface area contributed by atoms with Crippen LogP contribution in [-0.2, 0) is 11.2 Å². The third-order valence-corrected chi connectivity index (χ3v) is 4.82. The van der Waals surface area contributed by atoms with Crippen molar-refractivity contribution in [2.75, 3.05) is 13.7 Å². The highest BCUT2D eigenvalue weighted by atomic mass is 16.5. The molecular weight excluding hydrogens is 298 g/mol. The number of likely N-dealkylation sites (tertiary alicyclic amines) is 1. The van der Waals surface area contributed by atoms with Crippen LogP contribution in [0.4, 0.5) is 0 Å². The van der Waals surface area contributed by atoms with Crippen molar-refractivity contribution in [2.24, 2.45) is 0 Å². The number of hydrogen-bond donors (Lipinski definition) is 0. The summed E-state index contributed by atoms with van der Waals surface area (Å²) in [5.74, 6) is 1.11. The lowest BCUT2D eigenvalue weighted by Gasteiger charge is -2.25. The van der Waals surface area contributed by atoms with E-state index in [1.54, 1.807) is 7.11 Å². The van der Waals surface area contributed by atoms with Crippen molar-refractivity contribution in [2.45, 2.75) is 38.6 Å². The Kier molecular flexibility index (Phi) is 5.19. The summed E-state index contributed by atoms with van der Waals surface area (Å²) in [5.41, 5.74) is 3.69. The molecule has 24 heavy (non-hydrogen) atoms. The fourth-order valence-electron chi connectivity index (χ4n) is 3.39. The number of hydrogen-bond acceptors (Lipinski definition) is 2. The summed E-state index contributed by atoms with van der Waals surface area (Å²) in [6, 6.07) is 16.8. The Balaban J connectivity index is 1.61. The minimum atomic E-state index is 0.244. The van der Waals surface area contributed by atoms with Gasteiger partial charge in [0.2, 0.25) is 5.91 Å². The van der Waals surface area contributed by atoms with Crippen molar-refractivity contribution in [3.8, 4) is 5.75 Å². The van der Waals surface area contributed by atoms with Gasteiger partial charge in [0.15, 0.2) is 0 Å². The highest BCUT2D eigenvalue weighted by Crippen LogP contribution is 2.32. The maximum atomic E-state index is 12.7. The number of ether oxygens (including phenoxy) is 1. The molecule has 0 aromatic heterocycles. The number of benzene rings is 2. The third kappa shape index (κ3) is 3.78. The maximum Gasteiger partial charge on any atom is 0.223 e. The van der Waals surface area contributed by atoms with E-state index in [4.69, 9.17) is 4.74 Å². The zero-order valence-electron chi connectivity index (χ0n) is 14.5. The van der Waals surface area contributed by atoms with E-state index < -0.39 is 0 Å². The molecule has 3 heteroatoms.